The third kappa shape index (κ3) is 4.14. The molecule has 1 aromatic heterocycles. The van der Waals surface area contributed by atoms with Gasteiger partial charge in [0.15, 0.2) is 0 Å². The molecule has 1 aliphatic rings. The van der Waals surface area contributed by atoms with Crippen molar-refractivity contribution in [1.29, 1.82) is 0 Å². The first-order valence-electron chi connectivity index (χ1n) is 8.33. The van der Waals surface area contributed by atoms with E-state index in [0.29, 0.717) is 24.7 Å². The van der Waals surface area contributed by atoms with Gasteiger partial charge >= 0.3 is 6.03 Å². The van der Waals surface area contributed by atoms with Crippen LogP contribution in [0.15, 0.2) is 24.3 Å². The first kappa shape index (κ1) is 16.9. The van der Waals surface area contributed by atoms with E-state index < -0.39 is 0 Å². The van der Waals surface area contributed by atoms with Crippen LogP contribution >= 0.6 is 0 Å². The first-order valence-corrected chi connectivity index (χ1v) is 8.33. The Balaban J connectivity index is 1.51. The molecule has 1 unspecified atom stereocenters. The van der Waals surface area contributed by atoms with Crippen LogP contribution in [0.3, 0.4) is 0 Å². The predicted molar refractivity (Wildman–Crippen MR) is 96.3 cm³/mol. The lowest BCUT2D eigenvalue weighted by atomic mass is 10.1. The zero-order valence-electron chi connectivity index (χ0n) is 14.5. The van der Waals surface area contributed by atoms with Gasteiger partial charge < -0.3 is 21.3 Å². The van der Waals surface area contributed by atoms with Gasteiger partial charge in [0.05, 0.1) is 6.04 Å². The Kier molecular flexibility index (Phi) is 4.97. The number of nitrogens with one attached hydrogen (secondary N) is 2. The summed E-state index contributed by atoms with van der Waals surface area (Å²) in [7, 11) is 3.67. The van der Waals surface area contributed by atoms with Crippen molar-refractivity contribution >= 4 is 17.9 Å². The highest BCUT2D eigenvalue weighted by Crippen LogP contribution is 2.30. The number of anilines is 2. The quantitative estimate of drug-likeness (QED) is 0.750. The standard InChI is InChI=1S/C17H23N7O/c1-24(2)16-22-14(21-15(18)23-16)9-10-19-17(25)20-13-8-7-11-5-3-4-6-12(11)13/h3-6,13H,7-10H2,1-2H3,(H2,19,20,25)(H2,18,21,22,23). The second kappa shape index (κ2) is 7.33. The van der Waals surface area contributed by atoms with Crippen molar-refractivity contribution in [2.75, 3.05) is 31.3 Å². The molecule has 1 heterocycles. The molecule has 3 rings (SSSR count). The van der Waals surface area contributed by atoms with Gasteiger partial charge in [-0.3, -0.25) is 0 Å². The van der Waals surface area contributed by atoms with Crippen LogP contribution in [-0.2, 0) is 12.8 Å². The molecule has 8 heteroatoms. The topological polar surface area (TPSA) is 109 Å². The van der Waals surface area contributed by atoms with Crippen molar-refractivity contribution in [2.45, 2.75) is 25.3 Å². The minimum absolute atomic E-state index is 0.0735. The van der Waals surface area contributed by atoms with Crippen molar-refractivity contribution in [1.82, 2.24) is 25.6 Å². The van der Waals surface area contributed by atoms with Crippen molar-refractivity contribution in [3.8, 4) is 0 Å². The maximum absolute atomic E-state index is 12.1. The molecular weight excluding hydrogens is 318 g/mol. The van der Waals surface area contributed by atoms with Crippen LogP contribution in [0.1, 0.15) is 29.4 Å². The number of nitrogens with zero attached hydrogens (tertiary/aromatic N) is 4. The number of amides is 2. The van der Waals surface area contributed by atoms with Crippen LogP contribution in [0.5, 0.6) is 0 Å². The van der Waals surface area contributed by atoms with Gasteiger partial charge in [0.1, 0.15) is 5.82 Å². The number of rotatable bonds is 5. The first-order chi connectivity index (χ1) is 12.0. The maximum atomic E-state index is 12.1. The van der Waals surface area contributed by atoms with E-state index in [1.807, 2.05) is 26.2 Å². The number of benzene rings is 1. The molecule has 132 valence electrons. The summed E-state index contributed by atoms with van der Waals surface area (Å²) in [6.07, 6.45) is 2.42. The van der Waals surface area contributed by atoms with Crippen LogP contribution < -0.4 is 21.3 Å². The Bertz CT molecular complexity index is 762. The fourth-order valence-electron chi connectivity index (χ4n) is 2.94. The number of carbonyl (C=O) groups is 1. The molecule has 2 amide bonds. The number of hydrogen-bond donors (Lipinski definition) is 3. The van der Waals surface area contributed by atoms with Crippen LogP contribution in [0.25, 0.3) is 0 Å². The molecule has 0 radical (unpaired) electrons. The van der Waals surface area contributed by atoms with Crippen molar-refractivity contribution in [3.05, 3.63) is 41.2 Å². The molecular formula is C17H23N7O. The minimum Gasteiger partial charge on any atom is -0.368 e. The summed E-state index contributed by atoms with van der Waals surface area (Å²) in [5.41, 5.74) is 8.21. The van der Waals surface area contributed by atoms with Gasteiger partial charge in [-0.2, -0.15) is 15.0 Å². The molecule has 0 aliphatic heterocycles. The van der Waals surface area contributed by atoms with E-state index in [-0.39, 0.29) is 18.0 Å². The Labute approximate surface area is 146 Å². The molecule has 8 nitrogen and oxygen atoms in total. The second-order valence-corrected chi connectivity index (χ2v) is 6.24. The molecule has 0 saturated carbocycles. The van der Waals surface area contributed by atoms with Crippen LogP contribution in [-0.4, -0.2) is 41.6 Å². The molecule has 1 aromatic carbocycles. The lowest BCUT2D eigenvalue weighted by Gasteiger charge is -2.15. The summed E-state index contributed by atoms with van der Waals surface area (Å²) in [6, 6.07) is 8.11. The number of aromatic nitrogens is 3. The van der Waals surface area contributed by atoms with E-state index in [0.717, 1.165) is 12.8 Å². The van der Waals surface area contributed by atoms with E-state index in [9.17, 15) is 4.79 Å². The summed E-state index contributed by atoms with van der Waals surface area (Å²) < 4.78 is 0. The molecule has 0 spiro atoms. The molecule has 0 bridgehead atoms. The largest absolute Gasteiger partial charge is 0.368 e. The van der Waals surface area contributed by atoms with Crippen molar-refractivity contribution in [3.63, 3.8) is 0 Å². The number of nitrogen functional groups attached to an aromatic ring is 1. The highest BCUT2D eigenvalue weighted by atomic mass is 16.2. The minimum atomic E-state index is -0.184. The lowest BCUT2D eigenvalue weighted by molar-refractivity contribution is 0.237. The fraction of sp³-hybridized carbons (Fsp3) is 0.412. The summed E-state index contributed by atoms with van der Waals surface area (Å²) in [5, 5.41) is 5.88. The molecule has 0 saturated heterocycles. The van der Waals surface area contributed by atoms with E-state index in [1.54, 1.807) is 4.90 Å². The fourth-order valence-corrected chi connectivity index (χ4v) is 2.94. The molecule has 25 heavy (non-hydrogen) atoms. The number of hydrogen-bond acceptors (Lipinski definition) is 6. The van der Waals surface area contributed by atoms with Crippen molar-refractivity contribution < 1.29 is 4.79 Å². The molecule has 4 N–H and O–H groups in total. The van der Waals surface area contributed by atoms with Gasteiger partial charge in [0.25, 0.3) is 0 Å². The monoisotopic (exact) mass is 341 g/mol. The van der Waals surface area contributed by atoms with Gasteiger partial charge in [-0.25, -0.2) is 4.79 Å². The molecule has 2 aromatic rings. The zero-order valence-corrected chi connectivity index (χ0v) is 14.5. The average Bonchev–Trinajstić information content (AvgIpc) is 2.97. The van der Waals surface area contributed by atoms with E-state index in [1.165, 1.54) is 11.1 Å². The third-order valence-electron chi connectivity index (χ3n) is 4.16. The number of carbonyl (C=O) groups excluding carboxylic acids is 1. The summed E-state index contributed by atoms with van der Waals surface area (Å²) in [4.78, 5) is 26.4. The normalized spacial score (nSPS) is 15.5. The van der Waals surface area contributed by atoms with Gasteiger partial charge in [-0.05, 0) is 24.0 Å². The number of nitrogens with two attached hydrogens (primary N) is 1. The van der Waals surface area contributed by atoms with Gasteiger partial charge in [0, 0.05) is 27.1 Å². The summed E-state index contributed by atoms with van der Waals surface area (Å²) in [5.74, 6) is 1.25. The van der Waals surface area contributed by atoms with Crippen molar-refractivity contribution in [2.24, 2.45) is 0 Å². The Morgan fingerprint density at radius 1 is 1.28 bits per heavy atom. The number of urea groups is 1. The Hall–Kier alpha value is -2.90. The van der Waals surface area contributed by atoms with Crippen LogP contribution in [0, 0.1) is 0 Å². The Morgan fingerprint density at radius 2 is 2.08 bits per heavy atom. The van der Waals surface area contributed by atoms with Crippen LogP contribution in [0.2, 0.25) is 0 Å². The smallest absolute Gasteiger partial charge is 0.315 e. The van der Waals surface area contributed by atoms with Gasteiger partial charge in [-0.15, -0.1) is 0 Å². The van der Waals surface area contributed by atoms with E-state index in [4.69, 9.17) is 5.73 Å². The SMILES string of the molecule is CN(C)c1nc(N)nc(CCNC(=O)NC2CCc3ccccc32)n1. The van der Waals surface area contributed by atoms with Gasteiger partial charge in [-0.1, -0.05) is 24.3 Å². The third-order valence-corrected chi connectivity index (χ3v) is 4.16. The highest BCUT2D eigenvalue weighted by Gasteiger charge is 2.23. The molecule has 0 fully saturated rings. The average molecular weight is 341 g/mol. The lowest BCUT2D eigenvalue weighted by Crippen LogP contribution is -2.38. The summed E-state index contributed by atoms with van der Waals surface area (Å²) >= 11 is 0. The Morgan fingerprint density at radius 3 is 2.88 bits per heavy atom. The number of aryl methyl sites for hydroxylation is 1. The van der Waals surface area contributed by atoms with Crippen LogP contribution in [0.4, 0.5) is 16.7 Å². The van der Waals surface area contributed by atoms with E-state index in [2.05, 4.69) is 37.7 Å². The number of fused-ring (bicyclic) bond motifs is 1. The summed E-state index contributed by atoms with van der Waals surface area (Å²) in [6.45, 7) is 0.427. The molecule has 1 aliphatic carbocycles. The van der Waals surface area contributed by atoms with Gasteiger partial charge in [0.2, 0.25) is 11.9 Å². The maximum Gasteiger partial charge on any atom is 0.315 e. The zero-order chi connectivity index (χ0) is 17.8. The highest BCUT2D eigenvalue weighted by molar-refractivity contribution is 5.74. The van der Waals surface area contributed by atoms with E-state index >= 15 is 0 Å². The predicted octanol–water partition coefficient (Wildman–Crippen LogP) is 1.05. The second-order valence-electron chi connectivity index (χ2n) is 6.24. The molecule has 1 atom stereocenters.